The summed E-state index contributed by atoms with van der Waals surface area (Å²) in [5, 5.41) is 3.19. The highest BCUT2D eigenvalue weighted by molar-refractivity contribution is 5.44. The van der Waals surface area contributed by atoms with Gasteiger partial charge in [-0.3, -0.25) is 0 Å². The molecule has 2 nitrogen and oxygen atoms in total. The maximum Gasteiger partial charge on any atom is 0.123 e. The minimum atomic E-state index is -0.206. The zero-order chi connectivity index (χ0) is 15.2. The zero-order valence-corrected chi connectivity index (χ0v) is 12.8. The van der Waals surface area contributed by atoms with Crippen LogP contribution in [0.2, 0.25) is 0 Å². The third kappa shape index (κ3) is 3.82. The van der Waals surface area contributed by atoms with Crippen LogP contribution in [-0.2, 0) is 0 Å². The predicted octanol–water partition coefficient (Wildman–Crippen LogP) is 3.88. The Bertz CT molecular complexity index is 580. The second-order valence-corrected chi connectivity index (χ2v) is 5.24. The Morgan fingerprint density at radius 3 is 2.48 bits per heavy atom. The number of nitrogens with one attached hydrogen (secondary N) is 1. The van der Waals surface area contributed by atoms with Crippen LogP contribution in [0.5, 0.6) is 5.75 Å². The highest BCUT2D eigenvalue weighted by Crippen LogP contribution is 2.35. The fourth-order valence-corrected chi connectivity index (χ4v) is 2.61. The molecule has 1 unspecified atom stereocenters. The van der Waals surface area contributed by atoms with E-state index in [1.54, 1.807) is 7.11 Å². The van der Waals surface area contributed by atoms with Gasteiger partial charge < -0.3 is 10.1 Å². The first-order chi connectivity index (χ1) is 10.2. The largest absolute Gasteiger partial charge is 0.496 e. The number of ether oxygens (including phenoxy) is 1. The fourth-order valence-electron chi connectivity index (χ4n) is 2.61. The lowest BCUT2D eigenvalue weighted by molar-refractivity contribution is 0.406. The third-order valence-corrected chi connectivity index (χ3v) is 3.72. The molecular formula is C18H22FNO. The molecule has 0 aliphatic carbocycles. The highest BCUT2D eigenvalue weighted by Gasteiger charge is 2.18. The van der Waals surface area contributed by atoms with Crippen LogP contribution in [0.1, 0.15) is 29.0 Å². The van der Waals surface area contributed by atoms with Crippen molar-refractivity contribution < 1.29 is 9.13 Å². The molecule has 0 saturated heterocycles. The second kappa shape index (κ2) is 7.23. The van der Waals surface area contributed by atoms with Gasteiger partial charge in [-0.15, -0.1) is 0 Å². The number of hydrogen-bond acceptors (Lipinski definition) is 2. The number of halogens is 1. The molecule has 0 fully saturated rings. The van der Waals surface area contributed by atoms with Crippen molar-refractivity contribution >= 4 is 0 Å². The molecule has 3 heteroatoms. The van der Waals surface area contributed by atoms with Gasteiger partial charge >= 0.3 is 0 Å². The van der Waals surface area contributed by atoms with Crippen LogP contribution >= 0.6 is 0 Å². The summed E-state index contributed by atoms with van der Waals surface area (Å²) in [6, 6.07) is 13.0. The molecular weight excluding hydrogens is 265 g/mol. The normalized spacial score (nSPS) is 12.2. The topological polar surface area (TPSA) is 21.3 Å². The summed E-state index contributed by atoms with van der Waals surface area (Å²) in [6.45, 7) is 2.96. The van der Waals surface area contributed by atoms with Crippen molar-refractivity contribution in [3.63, 3.8) is 0 Å². The lowest BCUT2D eigenvalue weighted by atomic mass is 9.87. The Kier molecular flexibility index (Phi) is 5.34. The van der Waals surface area contributed by atoms with Crippen molar-refractivity contribution in [2.24, 2.45) is 0 Å². The molecule has 2 aromatic rings. The van der Waals surface area contributed by atoms with Gasteiger partial charge in [0, 0.05) is 11.5 Å². The SMILES string of the molecule is CNCCC(c1ccc(F)cc1)c1cc(C)ccc1OC. The Morgan fingerprint density at radius 1 is 1.14 bits per heavy atom. The molecule has 0 saturated carbocycles. The molecule has 2 aromatic carbocycles. The number of methoxy groups -OCH3 is 1. The van der Waals surface area contributed by atoms with Gasteiger partial charge in [-0.25, -0.2) is 4.39 Å². The van der Waals surface area contributed by atoms with Crippen molar-refractivity contribution in [2.45, 2.75) is 19.3 Å². The fraction of sp³-hybridized carbons (Fsp3) is 0.333. The van der Waals surface area contributed by atoms with E-state index in [-0.39, 0.29) is 11.7 Å². The van der Waals surface area contributed by atoms with E-state index in [0.717, 1.165) is 29.8 Å². The van der Waals surface area contributed by atoms with Gasteiger partial charge in [0.25, 0.3) is 0 Å². The minimum Gasteiger partial charge on any atom is -0.496 e. The lowest BCUT2D eigenvalue weighted by Gasteiger charge is -2.21. The predicted molar refractivity (Wildman–Crippen MR) is 84.5 cm³/mol. The Balaban J connectivity index is 2.44. The van der Waals surface area contributed by atoms with Gasteiger partial charge in [-0.05, 0) is 50.7 Å². The smallest absolute Gasteiger partial charge is 0.123 e. The average Bonchev–Trinajstić information content (AvgIpc) is 2.49. The summed E-state index contributed by atoms with van der Waals surface area (Å²) in [5.74, 6) is 0.862. The van der Waals surface area contributed by atoms with Crippen LogP contribution in [0.15, 0.2) is 42.5 Å². The van der Waals surface area contributed by atoms with Gasteiger partial charge in [-0.2, -0.15) is 0 Å². The first-order valence-electron chi connectivity index (χ1n) is 7.20. The zero-order valence-electron chi connectivity index (χ0n) is 12.8. The monoisotopic (exact) mass is 287 g/mol. The van der Waals surface area contributed by atoms with Crippen molar-refractivity contribution in [3.05, 3.63) is 65.0 Å². The van der Waals surface area contributed by atoms with Gasteiger partial charge in [-0.1, -0.05) is 29.8 Å². The standard InChI is InChI=1S/C18H22FNO/c1-13-4-9-18(21-3)17(12-13)16(10-11-20-2)14-5-7-15(19)8-6-14/h4-9,12,16,20H,10-11H2,1-3H3. The third-order valence-electron chi connectivity index (χ3n) is 3.72. The Labute approximate surface area is 126 Å². The van der Waals surface area contributed by atoms with Gasteiger partial charge in [0.1, 0.15) is 11.6 Å². The summed E-state index contributed by atoms with van der Waals surface area (Å²) in [5.41, 5.74) is 3.46. The summed E-state index contributed by atoms with van der Waals surface area (Å²) in [7, 11) is 3.63. The first-order valence-corrected chi connectivity index (χ1v) is 7.20. The molecule has 0 spiro atoms. The Morgan fingerprint density at radius 2 is 1.86 bits per heavy atom. The minimum absolute atomic E-state index is 0.188. The molecule has 2 rings (SSSR count). The van der Waals surface area contributed by atoms with E-state index in [0.29, 0.717) is 0 Å². The van der Waals surface area contributed by atoms with E-state index in [4.69, 9.17) is 4.74 Å². The molecule has 0 heterocycles. The van der Waals surface area contributed by atoms with E-state index < -0.39 is 0 Å². The lowest BCUT2D eigenvalue weighted by Crippen LogP contribution is -2.14. The van der Waals surface area contributed by atoms with Crippen LogP contribution in [0.4, 0.5) is 4.39 Å². The van der Waals surface area contributed by atoms with Crippen LogP contribution < -0.4 is 10.1 Å². The molecule has 0 aromatic heterocycles. The van der Waals surface area contributed by atoms with Gasteiger partial charge in [0.05, 0.1) is 7.11 Å². The molecule has 0 aliphatic heterocycles. The number of hydrogen-bond donors (Lipinski definition) is 1. The first kappa shape index (κ1) is 15.5. The molecule has 0 aliphatic rings. The number of rotatable bonds is 6. The molecule has 0 radical (unpaired) electrons. The molecule has 112 valence electrons. The van der Waals surface area contributed by atoms with Crippen LogP contribution in [0, 0.1) is 12.7 Å². The summed E-state index contributed by atoms with van der Waals surface area (Å²) >= 11 is 0. The van der Waals surface area contributed by atoms with E-state index in [9.17, 15) is 4.39 Å². The van der Waals surface area contributed by atoms with Crippen molar-refractivity contribution in [3.8, 4) is 5.75 Å². The van der Waals surface area contributed by atoms with E-state index in [2.05, 4.69) is 18.3 Å². The summed E-state index contributed by atoms with van der Waals surface area (Å²) in [6.07, 6.45) is 0.932. The van der Waals surface area contributed by atoms with E-state index >= 15 is 0 Å². The van der Waals surface area contributed by atoms with Gasteiger partial charge in [0.15, 0.2) is 0 Å². The van der Waals surface area contributed by atoms with E-state index in [1.807, 2.05) is 31.3 Å². The molecule has 1 atom stereocenters. The van der Waals surface area contributed by atoms with Gasteiger partial charge in [0.2, 0.25) is 0 Å². The van der Waals surface area contributed by atoms with Crippen LogP contribution in [0.25, 0.3) is 0 Å². The van der Waals surface area contributed by atoms with E-state index in [1.165, 1.54) is 17.7 Å². The average molecular weight is 287 g/mol. The number of aryl methyl sites for hydroxylation is 1. The van der Waals surface area contributed by atoms with Crippen molar-refractivity contribution in [2.75, 3.05) is 20.7 Å². The maximum absolute atomic E-state index is 13.2. The van der Waals surface area contributed by atoms with Crippen LogP contribution in [-0.4, -0.2) is 20.7 Å². The highest BCUT2D eigenvalue weighted by atomic mass is 19.1. The Hall–Kier alpha value is -1.87. The summed E-state index contributed by atoms with van der Waals surface area (Å²) < 4.78 is 18.7. The molecule has 1 N–H and O–H groups in total. The van der Waals surface area contributed by atoms with Crippen LogP contribution in [0.3, 0.4) is 0 Å². The maximum atomic E-state index is 13.2. The molecule has 0 bridgehead atoms. The second-order valence-electron chi connectivity index (χ2n) is 5.24. The molecule has 21 heavy (non-hydrogen) atoms. The quantitative estimate of drug-likeness (QED) is 0.870. The van der Waals surface area contributed by atoms with Crippen molar-refractivity contribution in [1.82, 2.24) is 5.32 Å². The number of benzene rings is 2. The summed E-state index contributed by atoms with van der Waals surface area (Å²) in [4.78, 5) is 0. The van der Waals surface area contributed by atoms with Crippen molar-refractivity contribution in [1.29, 1.82) is 0 Å². The molecule has 0 amide bonds.